The van der Waals surface area contributed by atoms with E-state index in [1.165, 1.54) is 11.8 Å². The van der Waals surface area contributed by atoms with Gasteiger partial charge in [-0.05, 0) is 66.6 Å². The second kappa shape index (κ2) is 12.0. The number of hydrogen-bond donors (Lipinski definition) is 1. The molecule has 1 N–H and O–H groups in total. The van der Waals surface area contributed by atoms with E-state index >= 15 is 0 Å². The molecule has 1 atom stereocenters. The van der Waals surface area contributed by atoms with Gasteiger partial charge in [-0.1, -0.05) is 58.7 Å². The van der Waals surface area contributed by atoms with Crippen LogP contribution < -0.4 is 10.1 Å². The molecule has 36 heavy (non-hydrogen) atoms. The van der Waals surface area contributed by atoms with Crippen LogP contribution in [0.3, 0.4) is 0 Å². The highest BCUT2D eigenvalue weighted by molar-refractivity contribution is 8.15. The van der Waals surface area contributed by atoms with E-state index in [1.807, 2.05) is 24.3 Å². The first-order valence-electron chi connectivity index (χ1n) is 11.0. The van der Waals surface area contributed by atoms with Gasteiger partial charge in [-0.2, -0.15) is 0 Å². The number of hydrogen-bond acceptors (Lipinski definition) is 5. The topological polar surface area (TPSA) is 71.0 Å². The average molecular weight is 563 g/mol. The smallest absolute Gasteiger partial charge is 0.238 e. The molecule has 3 aromatic carbocycles. The number of carbonyl (C=O) groups excluding carboxylic acids is 2. The van der Waals surface area contributed by atoms with Crippen molar-refractivity contribution in [2.24, 2.45) is 4.99 Å². The molecular weight excluding hydrogens is 541 g/mol. The summed E-state index contributed by atoms with van der Waals surface area (Å²) in [6, 6.07) is 19.5. The number of nitrogens with zero attached hydrogens (tertiary/aromatic N) is 2. The first-order chi connectivity index (χ1) is 17.3. The van der Waals surface area contributed by atoms with Gasteiger partial charge in [0.15, 0.2) is 5.17 Å². The fourth-order valence-electron chi connectivity index (χ4n) is 3.57. The fourth-order valence-corrected chi connectivity index (χ4v) is 5.35. The zero-order chi connectivity index (χ0) is 25.7. The van der Waals surface area contributed by atoms with E-state index in [0.717, 1.165) is 11.3 Å². The minimum Gasteiger partial charge on any atom is -0.497 e. The summed E-state index contributed by atoms with van der Waals surface area (Å²) in [5.41, 5.74) is 2.15. The molecule has 10 heteroatoms. The van der Waals surface area contributed by atoms with E-state index in [4.69, 9.17) is 39.5 Å². The van der Waals surface area contributed by atoms with Gasteiger partial charge in [0.25, 0.3) is 0 Å². The lowest BCUT2D eigenvalue weighted by atomic mass is 10.1. The summed E-state index contributed by atoms with van der Waals surface area (Å²) in [5.74, 6) is 0.257. The Hall–Kier alpha value is -2.71. The fraction of sp³-hybridized carbons (Fsp3) is 0.192. The minimum atomic E-state index is -0.668. The van der Waals surface area contributed by atoms with Gasteiger partial charge in [0, 0.05) is 33.7 Å². The van der Waals surface area contributed by atoms with E-state index in [0.29, 0.717) is 44.6 Å². The summed E-state index contributed by atoms with van der Waals surface area (Å²) in [6.45, 7) is 0.419. The maximum Gasteiger partial charge on any atom is 0.238 e. The van der Waals surface area contributed by atoms with Crippen molar-refractivity contribution in [2.75, 3.05) is 19.0 Å². The molecule has 0 bridgehead atoms. The number of amides is 2. The Kier molecular flexibility index (Phi) is 8.80. The highest BCUT2D eigenvalue weighted by Gasteiger charge is 2.35. The summed E-state index contributed by atoms with van der Waals surface area (Å²) < 4.78 is 5.21. The Labute approximate surface area is 228 Å². The Morgan fingerprint density at radius 3 is 2.33 bits per heavy atom. The molecule has 1 unspecified atom stereocenters. The normalized spacial score (nSPS) is 16.8. The number of ether oxygens (including phenoxy) is 1. The van der Waals surface area contributed by atoms with Gasteiger partial charge in [-0.25, -0.2) is 4.99 Å². The standard InChI is InChI=1S/C26H22Cl3N3O3S/c1-35-22-8-2-16(3-9-22)10-11-32-24(33)15-23(25(34)30-21-13-18(28)12-19(29)14-21)36-26(32)31-20-6-4-17(27)5-7-20/h2-9,12-14,23H,10-11,15H2,1H3,(H,30,34). The summed E-state index contributed by atoms with van der Waals surface area (Å²) in [5, 5.41) is 3.98. The molecule has 6 nitrogen and oxygen atoms in total. The molecule has 0 radical (unpaired) electrons. The van der Waals surface area contributed by atoms with Crippen LogP contribution in [0.25, 0.3) is 0 Å². The van der Waals surface area contributed by atoms with Crippen molar-refractivity contribution in [1.82, 2.24) is 4.90 Å². The third-order valence-electron chi connectivity index (χ3n) is 5.40. The van der Waals surface area contributed by atoms with Crippen molar-refractivity contribution >= 4 is 74.9 Å². The molecule has 1 saturated heterocycles. The van der Waals surface area contributed by atoms with Gasteiger partial charge < -0.3 is 10.1 Å². The minimum absolute atomic E-state index is 0.0348. The molecular formula is C26H22Cl3N3O3S. The van der Waals surface area contributed by atoms with E-state index < -0.39 is 5.25 Å². The Morgan fingerprint density at radius 2 is 1.69 bits per heavy atom. The van der Waals surface area contributed by atoms with Gasteiger partial charge in [0.2, 0.25) is 11.8 Å². The van der Waals surface area contributed by atoms with Gasteiger partial charge in [0.1, 0.15) is 11.0 Å². The van der Waals surface area contributed by atoms with Crippen LogP contribution in [-0.4, -0.2) is 40.8 Å². The molecule has 1 aliphatic heterocycles. The Balaban J connectivity index is 1.54. The number of halogens is 3. The maximum atomic E-state index is 13.2. The molecule has 186 valence electrons. The number of methoxy groups -OCH3 is 1. The molecule has 0 aromatic heterocycles. The zero-order valence-corrected chi connectivity index (χ0v) is 22.3. The second-order valence-corrected chi connectivity index (χ2v) is 10.5. The quantitative estimate of drug-likeness (QED) is 0.342. The van der Waals surface area contributed by atoms with Crippen molar-refractivity contribution in [2.45, 2.75) is 18.1 Å². The number of nitrogens with one attached hydrogen (secondary N) is 1. The predicted molar refractivity (Wildman–Crippen MR) is 148 cm³/mol. The number of thioether (sulfide) groups is 1. The highest BCUT2D eigenvalue weighted by Crippen LogP contribution is 2.31. The van der Waals surface area contributed by atoms with E-state index in [9.17, 15) is 9.59 Å². The van der Waals surface area contributed by atoms with Crippen molar-refractivity contribution in [3.8, 4) is 5.75 Å². The van der Waals surface area contributed by atoms with Gasteiger partial charge in [0.05, 0.1) is 12.8 Å². The first-order valence-corrected chi connectivity index (χ1v) is 13.0. The lowest BCUT2D eigenvalue weighted by Crippen LogP contribution is -2.46. The summed E-state index contributed by atoms with van der Waals surface area (Å²) >= 11 is 19.4. The van der Waals surface area contributed by atoms with Crippen molar-refractivity contribution in [3.63, 3.8) is 0 Å². The molecule has 2 amide bonds. The zero-order valence-electron chi connectivity index (χ0n) is 19.2. The largest absolute Gasteiger partial charge is 0.497 e. The average Bonchev–Trinajstić information content (AvgIpc) is 2.84. The Morgan fingerprint density at radius 1 is 1.03 bits per heavy atom. The number of anilines is 1. The van der Waals surface area contributed by atoms with Crippen LogP contribution in [0.4, 0.5) is 11.4 Å². The predicted octanol–water partition coefficient (Wildman–Crippen LogP) is 6.86. The van der Waals surface area contributed by atoms with Gasteiger partial charge in [-0.15, -0.1) is 0 Å². The number of carbonyl (C=O) groups is 2. The molecule has 0 spiro atoms. The Bertz CT molecular complexity index is 1260. The van der Waals surface area contributed by atoms with Gasteiger partial charge in [-0.3, -0.25) is 14.5 Å². The van der Waals surface area contributed by atoms with E-state index in [1.54, 1.807) is 54.5 Å². The van der Waals surface area contributed by atoms with Gasteiger partial charge >= 0.3 is 0 Å². The molecule has 1 heterocycles. The van der Waals surface area contributed by atoms with Crippen LogP contribution in [-0.2, 0) is 16.0 Å². The number of amidine groups is 1. The SMILES string of the molecule is COc1ccc(CCN2C(=O)CC(C(=O)Nc3cc(Cl)cc(Cl)c3)SC2=Nc2ccc(Cl)cc2)cc1. The summed E-state index contributed by atoms with van der Waals surface area (Å²) in [7, 11) is 1.62. The van der Waals surface area contributed by atoms with Crippen molar-refractivity contribution in [1.29, 1.82) is 0 Å². The van der Waals surface area contributed by atoms with Crippen molar-refractivity contribution < 1.29 is 14.3 Å². The number of rotatable bonds is 7. The van der Waals surface area contributed by atoms with Crippen LogP contribution in [0.1, 0.15) is 12.0 Å². The van der Waals surface area contributed by atoms with Crippen LogP contribution in [0.15, 0.2) is 71.7 Å². The third kappa shape index (κ3) is 6.95. The van der Waals surface area contributed by atoms with Crippen molar-refractivity contribution in [3.05, 3.63) is 87.4 Å². The monoisotopic (exact) mass is 561 g/mol. The van der Waals surface area contributed by atoms with Crippen LogP contribution >= 0.6 is 46.6 Å². The van der Waals surface area contributed by atoms with Crippen LogP contribution in [0.2, 0.25) is 15.1 Å². The van der Waals surface area contributed by atoms with E-state index in [-0.39, 0.29) is 18.2 Å². The number of aliphatic imine (C=N–C) groups is 1. The first kappa shape index (κ1) is 26.4. The molecule has 1 fully saturated rings. The summed E-state index contributed by atoms with van der Waals surface area (Å²) in [6.07, 6.45) is 0.654. The summed E-state index contributed by atoms with van der Waals surface area (Å²) in [4.78, 5) is 32.6. The third-order valence-corrected chi connectivity index (χ3v) is 7.27. The molecule has 0 saturated carbocycles. The molecule has 0 aliphatic carbocycles. The second-order valence-electron chi connectivity index (χ2n) is 7.97. The lowest BCUT2D eigenvalue weighted by molar-refractivity contribution is -0.129. The maximum absolute atomic E-state index is 13.2. The molecule has 3 aromatic rings. The molecule has 1 aliphatic rings. The van der Waals surface area contributed by atoms with Crippen LogP contribution in [0.5, 0.6) is 5.75 Å². The van der Waals surface area contributed by atoms with Crippen LogP contribution in [0, 0.1) is 0 Å². The van der Waals surface area contributed by atoms with E-state index in [2.05, 4.69) is 10.3 Å². The molecule has 4 rings (SSSR count). The highest BCUT2D eigenvalue weighted by atomic mass is 35.5. The lowest BCUT2D eigenvalue weighted by Gasteiger charge is -2.32. The number of benzene rings is 3.